The van der Waals surface area contributed by atoms with Gasteiger partial charge in [0, 0.05) is 40.8 Å². The lowest BCUT2D eigenvalue weighted by molar-refractivity contribution is -0.385. The number of methoxy groups -OCH3 is 1. The molecule has 0 saturated heterocycles. The van der Waals surface area contributed by atoms with Crippen molar-refractivity contribution in [2.24, 2.45) is 5.92 Å². The summed E-state index contributed by atoms with van der Waals surface area (Å²) in [6.07, 6.45) is 3.27. The highest BCUT2D eigenvalue weighted by Crippen LogP contribution is 2.30. The van der Waals surface area contributed by atoms with Gasteiger partial charge >= 0.3 is 0 Å². The second-order valence-electron chi connectivity index (χ2n) is 7.60. The molecule has 7 nitrogen and oxygen atoms in total. The van der Waals surface area contributed by atoms with Crippen molar-refractivity contribution in [1.29, 1.82) is 0 Å². The molecular weight excluding hydrogens is 450 g/mol. The monoisotopic (exact) mass is 475 g/mol. The van der Waals surface area contributed by atoms with Crippen molar-refractivity contribution in [2.75, 3.05) is 12.4 Å². The van der Waals surface area contributed by atoms with Gasteiger partial charge in [0.1, 0.15) is 5.75 Å². The van der Waals surface area contributed by atoms with Crippen molar-refractivity contribution in [2.45, 2.75) is 45.2 Å². The van der Waals surface area contributed by atoms with E-state index in [-0.39, 0.29) is 28.5 Å². The van der Waals surface area contributed by atoms with Gasteiger partial charge in [0.2, 0.25) is 5.91 Å². The van der Waals surface area contributed by atoms with E-state index in [9.17, 15) is 14.9 Å². The second kappa shape index (κ2) is 10.0. The molecule has 0 heterocycles. The van der Waals surface area contributed by atoms with E-state index in [1.165, 1.54) is 6.07 Å². The van der Waals surface area contributed by atoms with Crippen LogP contribution in [0.1, 0.15) is 36.8 Å². The number of carbonyl (C=O) groups is 1. The number of ether oxygens (including phenoxy) is 1. The minimum absolute atomic E-state index is 0.0285. The van der Waals surface area contributed by atoms with Crippen LogP contribution < -0.4 is 15.4 Å². The summed E-state index contributed by atoms with van der Waals surface area (Å²) in [7, 11) is 1.62. The first-order valence-corrected chi connectivity index (χ1v) is 10.8. The van der Waals surface area contributed by atoms with Crippen molar-refractivity contribution >= 4 is 33.2 Å². The van der Waals surface area contributed by atoms with Crippen LogP contribution in [0.5, 0.6) is 5.75 Å². The van der Waals surface area contributed by atoms with Crippen molar-refractivity contribution in [3.8, 4) is 5.75 Å². The molecule has 1 amide bonds. The number of benzene rings is 2. The maximum absolute atomic E-state index is 12.6. The van der Waals surface area contributed by atoms with Gasteiger partial charge in [-0.1, -0.05) is 28.1 Å². The average molecular weight is 476 g/mol. The predicted molar refractivity (Wildman–Crippen MR) is 120 cm³/mol. The maximum Gasteiger partial charge on any atom is 0.275 e. The Kier molecular flexibility index (Phi) is 7.44. The summed E-state index contributed by atoms with van der Waals surface area (Å²) in [5.41, 5.74) is 2.52. The molecule has 0 spiro atoms. The maximum atomic E-state index is 12.6. The van der Waals surface area contributed by atoms with Crippen molar-refractivity contribution in [3.63, 3.8) is 0 Å². The molecular formula is C22H26BrN3O4. The Morgan fingerprint density at radius 2 is 1.97 bits per heavy atom. The Labute approximate surface area is 184 Å². The van der Waals surface area contributed by atoms with Gasteiger partial charge < -0.3 is 15.4 Å². The SMILES string of the molecule is COc1cc(NC(=O)C2CCC(NCc3c(Br)cccc3[N+](=O)[O-])CC2)ccc1C. The number of nitro groups is 1. The van der Waals surface area contributed by atoms with E-state index in [0.717, 1.165) is 47.2 Å². The lowest BCUT2D eigenvalue weighted by atomic mass is 9.85. The Morgan fingerprint density at radius 3 is 2.63 bits per heavy atom. The molecule has 0 aromatic heterocycles. The minimum atomic E-state index is -0.358. The molecule has 2 N–H and O–H groups in total. The number of carbonyl (C=O) groups excluding carboxylic acids is 1. The zero-order valence-corrected chi connectivity index (χ0v) is 18.7. The van der Waals surface area contributed by atoms with Gasteiger partial charge in [-0.15, -0.1) is 0 Å². The normalized spacial score (nSPS) is 18.6. The molecule has 1 aliphatic rings. The van der Waals surface area contributed by atoms with Gasteiger partial charge in [-0.2, -0.15) is 0 Å². The summed E-state index contributed by atoms with van der Waals surface area (Å²) in [4.78, 5) is 23.5. The Bertz CT molecular complexity index is 927. The lowest BCUT2D eigenvalue weighted by Gasteiger charge is -2.28. The minimum Gasteiger partial charge on any atom is -0.496 e. The Hall–Kier alpha value is -2.45. The van der Waals surface area contributed by atoms with Crippen LogP contribution in [0.25, 0.3) is 0 Å². The van der Waals surface area contributed by atoms with Crippen LogP contribution in [0.2, 0.25) is 0 Å². The Morgan fingerprint density at radius 1 is 1.23 bits per heavy atom. The number of amides is 1. The van der Waals surface area contributed by atoms with Crippen molar-refractivity contribution < 1.29 is 14.5 Å². The van der Waals surface area contributed by atoms with Crippen LogP contribution in [0.3, 0.4) is 0 Å². The summed E-state index contributed by atoms with van der Waals surface area (Å²) >= 11 is 3.41. The molecule has 0 atom stereocenters. The number of hydrogen-bond donors (Lipinski definition) is 2. The number of nitro benzene ring substituents is 1. The highest BCUT2D eigenvalue weighted by molar-refractivity contribution is 9.10. The van der Waals surface area contributed by atoms with Crippen molar-refractivity contribution in [1.82, 2.24) is 5.32 Å². The zero-order valence-electron chi connectivity index (χ0n) is 17.1. The highest BCUT2D eigenvalue weighted by Gasteiger charge is 2.27. The zero-order chi connectivity index (χ0) is 21.7. The third-order valence-corrected chi connectivity index (χ3v) is 6.37. The number of halogens is 1. The Balaban J connectivity index is 1.52. The van der Waals surface area contributed by atoms with E-state index in [2.05, 4.69) is 26.6 Å². The fourth-order valence-corrected chi connectivity index (χ4v) is 4.34. The predicted octanol–water partition coefficient (Wildman–Crippen LogP) is 4.96. The van der Waals surface area contributed by atoms with E-state index >= 15 is 0 Å². The summed E-state index contributed by atoms with van der Waals surface area (Å²) < 4.78 is 6.04. The van der Waals surface area contributed by atoms with E-state index < -0.39 is 0 Å². The van der Waals surface area contributed by atoms with Gasteiger partial charge in [-0.25, -0.2) is 0 Å². The molecule has 160 valence electrons. The fourth-order valence-electron chi connectivity index (χ4n) is 3.84. The molecule has 30 heavy (non-hydrogen) atoms. The van der Waals surface area contributed by atoms with Crippen LogP contribution >= 0.6 is 15.9 Å². The van der Waals surface area contributed by atoms with Gasteiger partial charge in [-0.3, -0.25) is 14.9 Å². The molecule has 0 bridgehead atoms. The molecule has 0 radical (unpaired) electrons. The molecule has 1 aliphatic carbocycles. The second-order valence-corrected chi connectivity index (χ2v) is 8.45. The van der Waals surface area contributed by atoms with Crippen LogP contribution in [0.4, 0.5) is 11.4 Å². The molecule has 2 aromatic rings. The number of aryl methyl sites for hydroxylation is 1. The average Bonchev–Trinajstić information content (AvgIpc) is 2.74. The van der Waals surface area contributed by atoms with Crippen LogP contribution in [0.15, 0.2) is 40.9 Å². The number of rotatable bonds is 7. The molecule has 8 heteroatoms. The van der Waals surface area contributed by atoms with E-state index in [1.54, 1.807) is 13.2 Å². The van der Waals surface area contributed by atoms with Crippen molar-refractivity contribution in [3.05, 3.63) is 62.1 Å². The van der Waals surface area contributed by atoms with Gasteiger partial charge in [-0.05, 0) is 50.3 Å². The third-order valence-electron chi connectivity index (χ3n) is 5.63. The molecule has 3 rings (SSSR count). The van der Waals surface area contributed by atoms with Crippen LogP contribution in [0, 0.1) is 23.0 Å². The van der Waals surface area contributed by atoms with E-state index in [0.29, 0.717) is 12.1 Å². The number of anilines is 1. The molecule has 2 aromatic carbocycles. The summed E-state index contributed by atoms with van der Waals surface area (Å²) in [6, 6.07) is 10.9. The first-order valence-electron chi connectivity index (χ1n) is 9.99. The summed E-state index contributed by atoms with van der Waals surface area (Å²) in [6.45, 7) is 2.38. The van der Waals surface area contributed by atoms with E-state index in [4.69, 9.17) is 4.74 Å². The molecule has 1 saturated carbocycles. The number of nitrogens with zero attached hydrogens (tertiary/aromatic N) is 1. The fraction of sp³-hybridized carbons (Fsp3) is 0.409. The highest BCUT2D eigenvalue weighted by atomic mass is 79.9. The first kappa shape index (κ1) is 22.2. The van der Waals surface area contributed by atoms with Gasteiger partial charge in [0.15, 0.2) is 0 Å². The van der Waals surface area contributed by atoms with Crippen LogP contribution in [-0.2, 0) is 11.3 Å². The largest absolute Gasteiger partial charge is 0.496 e. The van der Waals surface area contributed by atoms with E-state index in [1.807, 2.05) is 31.2 Å². The molecule has 0 unspecified atom stereocenters. The van der Waals surface area contributed by atoms with Crippen LogP contribution in [-0.4, -0.2) is 24.0 Å². The topological polar surface area (TPSA) is 93.5 Å². The number of hydrogen-bond acceptors (Lipinski definition) is 5. The molecule has 0 aliphatic heterocycles. The molecule has 1 fully saturated rings. The third kappa shape index (κ3) is 5.37. The standard InChI is InChI=1S/C22H26BrN3O4/c1-14-6-9-17(12-21(14)30-2)25-22(27)15-7-10-16(11-8-15)24-13-18-19(23)4-3-5-20(18)26(28)29/h3-6,9,12,15-16,24H,7-8,10-11,13H2,1-2H3,(H,25,27). The smallest absolute Gasteiger partial charge is 0.275 e. The quantitative estimate of drug-likeness (QED) is 0.435. The number of nitrogens with one attached hydrogen (secondary N) is 2. The lowest BCUT2D eigenvalue weighted by Crippen LogP contribution is -2.36. The van der Waals surface area contributed by atoms with Gasteiger partial charge in [0.25, 0.3) is 5.69 Å². The van der Waals surface area contributed by atoms with Gasteiger partial charge in [0.05, 0.1) is 17.6 Å². The first-order chi connectivity index (χ1) is 14.4. The summed E-state index contributed by atoms with van der Waals surface area (Å²) in [5.74, 6) is 0.746. The summed E-state index contributed by atoms with van der Waals surface area (Å²) in [5, 5.41) is 17.7.